The van der Waals surface area contributed by atoms with Crippen molar-refractivity contribution in [2.45, 2.75) is 45.0 Å². The van der Waals surface area contributed by atoms with Crippen LogP contribution in [-0.2, 0) is 17.9 Å². The smallest absolute Gasteiger partial charge is 0.262 e. The summed E-state index contributed by atoms with van der Waals surface area (Å²) < 4.78 is 7.13. The molecule has 6 rings (SSSR count). The molecule has 48 heavy (non-hydrogen) atoms. The van der Waals surface area contributed by atoms with Crippen LogP contribution in [0.25, 0.3) is 39.2 Å². The largest absolute Gasteiger partial charge is 0.481 e. The predicted octanol–water partition coefficient (Wildman–Crippen LogP) is 5.24. The number of aliphatic hydroxyl groups is 1. The molecule has 2 aromatic carbocycles. The molecule has 0 spiro atoms. The third-order valence-corrected chi connectivity index (χ3v) is 9.15. The second-order valence-electron chi connectivity index (χ2n) is 11.8. The molecular formula is C36H36Cl2N6O4. The summed E-state index contributed by atoms with van der Waals surface area (Å²) in [7, 11) is 1.59. The number of nitrogens with zero attached hydrogens (tertiary/aromatic N) is 3. The number of carbonyl (C=O) groups is 1. The minimum absolute atomic E-state index is 0.0925. The fourth-order valence-electron chi connectivity index (χ4n) is 5.86. The van der Waals surface area contributed by atoms with Gasteiger partial charge in [-0.25, -0.2) is 9.97 Å². The van der Waals surface area contributed by atoms with Crippen molar-refractivity contribution < 1.29 is 14.6 Å². The predicted molar refractivity (Wildman–Crippen MR) is 188 cm³/mol. The van der Waals surface area contributed by atoms with E-state index in [2.05, 4.69) is 20.9 Å². The van der Waals surface area contributed by atoms with Gasteiger partial charge in [0.1, 0.15) is 5.65 Å². The van der Waals surface area contributed by atoms with Gasteiger partial charge in [0.05, 0.1) is 29.0 Å². The highest BCUT2D eigenvalue weighted by Gasteiger charge is 2.21. The zero-order chi connectivity index (χ0) is 33.8. The first-order chi connectivity index (χ1) is 23.2. The molecule has 0 bridgehead atoms. The van der Waals surface area contributed by atoms with Crippen molar-refractivity contribution >= 4 is 34.8 Å². The van der Waals surface area contributed by atoms with Crippen LogP contribution in [0.2, 0.25) is 10.0 Å². The van der Waals surface area contributed by atoms with Crippen LogP contribution < -0.4 is 26.2 Å². The van der Waals surface area contributed by atoms with Crippen molar-refractivity contribution in [3.63, 3.8) is 0 Å². The number of nitrogens with one attached hydrogen (secondary N) is 3. The molecule has 248 valence electrons. The SMILES string of the molecule is COc1nc(-c2cccc(-c3cccc(-c4ccn5c(=O)c(CNCC(C)O)cnc5c4)c3Cl)c2Cl)ccc1CNC[C@@H]1CCC(=O)N1. The molecule has 3 aromatic heterocycles. The van der Waals surface area contributed by atoms with Gasteiger partial charge in [0, 0.05) is 84.4 Å². The first kappa shape index (κ1) is 33.6. The van der Waals surface area contributed by atoms with Gasteiger partial charge in [0.25, 0.3) is 5.56 Å². The zero-order valence-corrected chi connectivity index (χ0v) is 28.1. The number of benzene rings is 2. The average Bonchev–Trinajstić information content (AvgIpc) is 3.50. The standard InChI is InChI=1S/C36H36Cl2N6O4/c1-21(45)16-39-18-24-19-41-31-15-22(13-14-44(31)36(24)47)26-5-3-6-27(33(26)37)28-7-4-8-29(34(28)38)30-11-9-23(35(43-30)48-2)17-40-20-25-10-12-32(46)42-25/h3-9,11,13-15,19,21,25,39-40,45H,10,12,16-18,20H2,1-2H3,(H,42,46)/t21?,25-/m0/s1. The van der Waals surface area contributed by atoms with Crippen LogP contribution in [0.3, 0.4) is 0 Å². The summed E-state index contributed by atoms with van der Waals surface area (Å²) in [5, 5.41) is 19.9. The van der Waals surface area contributed by atoms with Crippen molar-refractivity contribution in [3.05, 3.63) is 105 Å². The Morgan fingerprint density at radius 3 is 2.40 bits per heavy atom. The van der Waals surface area contributed by atoms with Gasteiger partial charge >= 0.3 is 0 Å². The van der Waals surface area contributed by atoms with Gasteiger partial charge in [-0.2, -0.15) is 0 Å². The van der Waals surface area contributed by atoms with Crippen LogP contribution in [0.4, 0.5) is 0 Å². The number of aliphatic hydroxyl groups excluding tert-OH is 1. The minimum Gasteiger partial charge on any atom is -0.481 e. The van der Waals surface area contributed by atoms with E-state index in [4.69, 9.17) is 32.9 Å². The lowest BCUT2D eigenvalue weighted by atomic mass is 9.97. The molecule has 0 aliphatic carbocycles. The second-order valence-corrected chi connectivity index (χ2v) is 12.6. The number of pyridine rings is 2. The van der Waals surface area contributed by atoms with Gasteiger partial charge in [0.15, 0.2) is 0 Å². The highest BCUT2D eigenvalue weighted by atomic mass is 35.5. The lowest BCUT2D eigenvalue weighted by molar-refractivity contribution is -0.119. The molecule has 4 N–H and O–H groups in total. The number of halogens is 2. The molecule has 2 atom stereocenters. The van der Waals surface area contributed by atoms with Crippen molar-refractivity contribution in [1.29, 1.82) is 0 Å². The Morgan fingerprint density at radius 1 is 0.979 bits per heavy atom. The number of hydrogen-bond acceptors (Lipinski definition) is 8. The van der Waals surface area contributed by atoms with E-state index in [0.29, 0.717) is 65.4 Å². The minimum atomic E-state index is -0.513. The number of ether oxygens (including phenoxy) is 1. The van der Waals surface area contributed by atoms with E-state index in [9.17, 15) is 14.7 Å². The Labute approximate surface area is 288 Å². The van der Waals surface area contributed by atoms with E-state index >= 15 is 0 Å². The maximum atomic E-state index is 13.1. The van der Waals surface area contributed by atoms with Crippen molar-refractivity contribution in [3.8, 4) is 39.4 Å². The van der Waals surface area contributed by atoms with Crippen LogP contribution in [0, 0.1) is 0 Å². The Hall–Kier alpha value is -4.32. The van der Waals surface area contributed by atoms with E-state index in [1.807, 2.05) is 60.7 Å². The summed E-state index contributed by atoms with van der Waals surface area (Å²) in [4.78, 5) is 33.8. The molecule has 1 aliphatic rings. The maximum absolute atomic E-state index is 13.1. The average molecular weight is 688 g/mol. The molecule has 1 aliphatic heterocycles. The normalized spacial score (nSPS) is 15.1. The lowest BCUT2D eigenvalue weighted by Gasteiger charge is -2.16. The molecule has 5 aromatic rings. The van der Waals surface area contributed by atoms with E-state index < -0.39 is 6.10 Å². The van der Waals surface area contributed by atoms with Crippen molar-refractivity contribution in [2.24, 2.45) is 0 Å². The molecule has 1 amide bonds. The Morgan fingerprint density at radius 2 is 1.69 bits per heavy atom. The fraction of sp³-hybridized carbons (Fsp3) is 0.278. The van der Waals surface area contributed by atoms with Gasteiger partial charge < -0.3 is 25.8 Å². The number of aromatic nitrogens is 3. The molecule has 1 unspecified atom stereocenters. The molecule has 0 saturated carbocycles. The Kier molecular flexibility index (Phi) is 10.4. The first-order valence-electron chi connectivity index (χ1n) is 15.7. The van der Waals surface area contributed by atoms with Crippen LogP contribution in [-0.4, -0.2) is 57.7 Å². The summed E-state index contributed by atoms with van der Waals surface area (Å²) in [6.07, 6.45) is 4.13. The molecule has 4 heterocycles. The van der Waals surface area contributed by atoms with Crippen LogP contribution in [0.15, 0.2) is 77.9 Å². The Bertz CT molecular complexity index is 2030. The number of carbonyl (C=O) groups excluding carboxylic acids is 1. The van der Waals surface area contributed by atoms with Crippen molar-refractivity contribution in [1.82, 2.24) is 30.3 Å². The quantitative estimate of drug-likeness (QED) is 0.140. The number of amides is 1. The summed E-state index contributed by atoms with van der Waals surface area (Å²) >= 11 is 14.1. The molecular weight excluding hydrogens is 651 g/mol. The van der Waals surface area contributed by atoms with E-state index in [1.54, 1.807) is 26.4 Å². The summed E-state index contributed by atoms with van der Waals surface area (Å²) in [5.74, 6) is 0.582. The third kappa shape index (κ3) is 7.23. The molecule has 12 heteroatoms. The van der Waals surface area contributed by atoms with Gasteiger partial charge in [-0.1, -0.05) is 65.7 Å². The molecule has 1 saturated heterocycles. The summed E-state index contributed by atoms with van der Waals surface area (Å²) in [6.45, 7) is 3.58. The zero-order valence-electron chi connectivity index (χ0n) is 26.6. The molecule has 10 nitrogen and oxygen atoms in total. The van der Waals surface area contributed by atoms with Gasteiger partial charge in [-0.15, -0.1) is 0 Å². The third-order valence-electron chi connectivity index (χ3n) is 8.33. The number of hydrogen-bond donors (Lipinski definition) is 4. The summed E-state index contributed by atoms with van der Waals surface area (Å²) in [5.41, 5.74) is 6.15. The van der Waals surface area contributed by atoms with Crippen LogP contribution in [0.1, 0.15) is 30.9 Å². The van der Waals surface area contributed by atoms with Crippen molar-refractivity contribution in [2.75, 3.05) is 20.2 Å². The number of rotatable bonds is 12. The summed E-state index contributed by atoms with van der Waals surface area (Å²) in [6, 6.07) is 19.2. The molecule has 1 fully saturated rings. The topological polar surface area (TPSA) is 130 Å². The maximum Gasteiger partial charge on any atom is 0.262 e. The first-order valence-corrected chi connectivity index (χ1v) is 16.5. The van der Waals surface area contributed by atoms with Crippen LogP contribution in [0.5, 0.6) is 5.88 Å². The molecule has 0 radical (unpaired) electrons. The van der Waals surface area contributed by atoms with E-state index in [1.165, 1.54) is 4.40 Å². The van der Waals surface area contributed by atoms with E-state index in [0.717, 1.165) is 39.8 Å². The highest BCUT2D eigenvalue weighted by molar-refractivity contribution is 6.39. The number of fused-ring (bicyclic) bond motifs is 1. The Balaban J connectivity index is 1.25. The lowest BCUT2D eigenvalue weighted by Crippen LogP contribution is -2.35. The fourth-order valence-corrected chi connectivity index (χ4v) is 6.52. The van der Waals surface area contributed by atoms with E-state index in [-0.39, 0.29) is 17.5 Å². The second kappa shape index (κ2) is 14.8. The number of methoxy groups -OCH3 is 1. The van der Waals surface area contributed by atoms with Crippen LogP contribution >= 0.6 is 23.2 Å². The highest BCUT2D eigenvalue weighted by Crippen LogP contribution is 2.42. The van der Waals surface area contributed by atoms with Gasteiger partial charge in [0.2, 0.25) is 11.8 Å². The van der Waals surface area contributed by atoms with Gasteiger partial charge in [-0.3, -0.25) is 14.0 Å². The van der Waals surface area contributed by atoms with Gasteiger partial charge in [-0.05, 0) is 37.1 Å². The monoisotopic (exact) mass is 686 g/mol.